The molecule has 0 amide bonds. The predicted octanol–water partition coefficient (Wildman–Crippen LogP) is 4.61. The summed E-state index contributed by atoms with van der Waals surface area (Å²) in [5, 5.41) is 3.51. The molecular formula is C15H11N3O. The number of hydrogen-bond donors (Lipinski definition) is 0. The summed E-state index contributed by atoms with van der Waals surface area (Å²) in [6.07, 6.45) is 4.73. The molecule has 0 aromatic heterocycles. The number of rotatable bonds is 4. The second-order valence-electron chi connectivity index (χ2n) is 3.90. The molecule has 0 bridgehead atoms. The van der Waals surface area contributed by atoms with E-state index in [-0.39, 0.29) is 0 Å². The summed E-state index contributed by atoms with van der Waals surface area (Å²) in [5.74, 6) is 0. The lowest BCUT2D eigenvalue weighted by molar-refractivity contribution is 0.112. The van der Waals surface area contributed by atoms with Gasteiger partial charge in [0.25, 0.3) is 0 Å². The molecule has 0 heterocycles. The Morgan fingerprint density at radius 2 is 1.32 bits per heavy atom. The lowest BCUT2D eigenvalue weighted by Crippen LogP contribution is -1.78. The first kappa shape index (κ1) is 12.6. The molecule has 0 atom stereocenters. The van der Waals surface area contributed by atoms with E-state index in [4.69, 9.17) is 5.53 Å². The van der Waals surface area contributed by atoms with Gasteiger partial charge in [0.05, 0.1) is 0 Å². The molecule has 2 aromatic carbocycles. The maximum absolute atomic E-state index is 10.5. The van der Waals surface area contributed by atoms with Gasteiger partial charge in [0, 0.05) is 16.2 Å². The highest BCUT2D eigenvalue weighted by molar-refractivity contribution is 5.76. The first-order chi connectivity index (χ1) is 9.31. The largest absolute Gasteiger partial charge is 0.298 e. The molecule has 0 radical (unpaired) electrons. The van der Waals surface area contributed by atoms with Gasteiger partial charge >= 0.3 is 0 Å². The second kappa shape index (κ2) is 6.19. The van der Waals surface area contributed by atoms with E-state index < -0.39 is 0 Å². The Morgan fingerprint density at radius 3 is 1.79 bits per heavy atom. The van der Waals surface area contributed by atoms with Crippen LogP contribution in [0.4, 0.5) is 5.69 Å². The highest BCUT2D eigenvalue weighted by atomic mass is 16.1. The smallest absolute Gasteiger partial charge is 0.150 e. The van der Waals surface area contributed by atoms with Crippen molar-refractivity contribution in [2.45, 2.75) is 0 Å². The van der Waals surface area contributed by atoms with Gasteiger partial charge in [-0.3, -0.25) is 4.79 Å². The average Bonchev–Trinajstić information content (AvgIpc) is 2.47. The standard InChI is InChI=1S/C15H11N3O/c16-18-17-15-9-7-13(8-10-15)2-1-12-3-5-14(11-19)6-4-12/h1-11H. The van der Waals surface area contributed by atoms with E-state index in [2.05, 4.69) is 10.0 Å². The summed E-state index contributed by atoms with van der Waals surface area (Å²) in [6.45, 7) is 0. The topological polar surface area (TPSA) is 65.8 Å². The average molecular weight is 249 g/mol. The Hall–Kier alpha value is -2.84. The summed E-state index contributed by atoms with van der Waals surface area (Å²) < 4.78 is 0. The van der Waals surface area contributed by atoms with E-state index in [1.807, 2.05) is 36.4 Å². The van der Waals surface area contributed by atoms with Crippen LogP contribution in [0.5, 0.6) is 0 Å². The molecule has 92 valence electrons. The lowest BCUT2D eigenvalue weighted by atomic mass is 10.1. The van der Waals surface area contributed by atoms with Crippen LogP contribution in [0, 0.1) is 0 Å². The van der Waals surface area contributed by atoms with Crippen LogP contribution >= 0.6 is 0 Å². The minimum Gasteiger partial charge on any atom is -0.298 e. The van der Waals surface area contributed by atoms with Gasteiger partial charge in [-0.2, -0.15) is 0 Å². The summed E-state index contributed by atoms with van der Waals surface area (Å²) in [4.78, 5) is 13.3. The Morgan fingerprint density at radius 1 is 0.842 bits per heavy atom. The van der Waals surface area contributed by atoms with Crippen molar-refractivity contribution in [1.82, 2.24) is 0 Å². The molecule has 0 N–H and O–H groups in total. The van der Waals surface area contributed by atoms with Crippen molar-refractivity contribution >= 4 is 24.1 Å². The van der Waals surface area contributed by atoms with Crippen molar-refractivity contribution in [1.29, 1.82) is 0 Å². The molecule has 0 saturated carbocycles. The van der Waals surface area contributed by atoms with Crippen molar-refractivity contribution in [3.05, 3.63) is 75.7 Å². The van der Waals surface area contributed by atoms with Gasteiger partial charge in [0.15, 0.2) is 0 Å². The fourth-order valence-corrected chi connectivity index (χ4v) is 1.58. The quantitative estimate of drug-likeness (QED) is 0.256. The predicted molar refractivity (Wildman–Crippen MR) is 76.0 cm³/mol. The molecule has 2 aromatic rings. The summed E-state index contributed by atoms with van der Waals surface area (Å²) in [5.41, 5.74) is 11.6. The summed E-state index contributed by atoms with van der Waals surface area (Å²) in [6, 6.07) is 14.6. The Kier molecular flexibility index (Phi) is 4.11. The van der Waals surface area contributed by atoms with Gasteiger partial charge in [0.1, 0.15) is 6.29 Å². The highest BCUT2D eigenvalue weighted by Gasteiger charge is 1.91. The van der Waals surface area contributed by atoms with Crippen LogP contribution < -0.4 is 0 Å². The van der Waals surface area contributed by atoms with Crippen LogP contribution in [0.25, 0.3) is 22.6 Å². The van der Waals surface area contributed by atoms with Crippen molar-refractivity contribution in [2.75, 3.05) is 0 Å². The number of hydrogen-bond acceptors (Lipinski definition) is 2. The third kappa shape index (κ3) is 3.56. The summed E-state index contributed by atoms with van der Waals surface area (Å²) in [7, 11) is 0. The number of benzene rings is 2. The molecule has 0 aliphatic rings. The van der Waals surface area contributed by atoms with E-state index in [1.54, 1.807) is 24.3 Å². The summed E-state index contributed by atoms with van der Waals surface area (Å²) >= 11 is 0. The third-order valence-electron chi connectivity index (χ3n) is 2.59. The van der Waals surface area contributed by atoms with E-state index >= 15 is 0 Å². The molecular weight excluding hydrogens is 238 g/mol. The van der Waals surface area contributed by atoms with Crippen molar-refractivity contribution in [3.63, 3.8) is 0 Å². The Labute approximate surface area is 110 Å². The SMILES string of the molecule is [N-]=[N+]=Nc1ccc(C=Cc2ccc(C=O)cc2)cc1. The first-order valence-electron chi connectivity index (χ1n) is 5.70. The number of carbonyl (C=O) groups excluding carboxylic acids is 1. The van der Waals surface area contributed by atoms with E-state index in [1.165, 1.54) is 0 Å². The zero-order valence-electron chi connectivity index (χ0n) is 10.1. The van der Waals surface area contributed by atoms with Crippen molar-refractivity contribution in [3.8, 4) is 0 Å². The number of aldehydes is 1. The minimum absolute atomic E-state index is 0.593. The number of azide groups is 1. The zero-order valence-corrected chi connectivity index (χ0v) is 10.1. The fourth-order valence-electron chi connectivity index (χ4n) is 1.58. The Bertz CT molecular complexity index is 636. The maximum Gasteiger partial charge on any atom is 0.150 e. The third-order valence-corrected chi connectivity index (χ3v) is 2.59. The van der Waals surface area contributed by atoms with E-state index in [0.717, 1.165) is 17.4 Å². The van der Waals surface area contributed by atoms with Gasteiger partial charge in [-0.25, -0.2) is 0 Å². The van der Waals surface area contributed by atoms with E-state index in [9.17, 15) is 4.79 Å². The highest BCUT2D eigenvalue weighted by Crippen LogP contribution is 2.15. The van der Waals surface area contributed by atoms with Gasteiger partial charge in [-0.05, 0) is 16.7 Å². The van der Waals surface area contributed by atoms with Crippen LogP contribution in [0.15, 0.2) is 53.6 Å². The van der Waals surface area contributed by atoms with Gasteiger partial charge in [0.2, 0.25) is 0 Å². The molecule has 2 rings (SSSR count). The van der Waals surface area contributed by atoms with Crippen LogP contribution in [0.2, 0.25) is 0 Å². The molecule has 0 unspecified atom stereocenters. The number of nitrogens with zero attached hydrogens (tertiary/aromatic N) is 3. The Balaban J connectivity index is 2.12. The fraction of sp³-hybridized carbons (Fsp3) is 0. The normalized spacial score (nSPS) is 10.1. The van der Waals surface area contributed by atoms with Gasteiger partial charge < -0.3 is 0 Å². The molecule has 0 saturated heterocycles. The molecule has 4 heteroatoms. The van der Waals surface area contributed by atoms with Crippen molar-refractivity contribution < 1.29 is 4.79 Å². The molecule has 0 spiro atoms. The zero-order chi connectivity index (χ0) is 13.5. The van der Waals surface area contributed by atoms with Gasteiger partial charge in [-0.15, -0.1) is 0 Å². The molecule has 19 heavy (non-hydrogen) atoms. The lowest BCUT2D eigenvalue weighted by Gasteiger charge is -1.96. The van der Waals surface area contributed by atoms with Crippen LogP contribution in [0.1, 0.15) is 21.5 Å². The van der Waals surface area contributed by atoms with Crippen LogP contribution in [-0.4, -0.2) is 6.29 Å². The molecule has 0 fully saturated rings. The van der Waals surface area contributed by atoms with Crippen LogP contribution in [-0.2, 0) is 0 Å². The first-order valence-corrected chi connectivity index (χ1v) is 5.70. The molecule has 0 aliphatic heterocycles. The minimum atomic E-state index is 0.593. The van der Waals surface area contributed by atoms with Crippen molar-refractivity contribution in [2.24, 2.45) is 5.11 Å². The van der Waals surface area contributed by atoms with Crippen LogP contribution in [0.3, 0.4) is 0 Å². The van der Waals surface area contributed by atoms with E-state index in [0.29, 0.717) is 11.3 Å². The second-order valence-corrected chi connectivity index (χ2v) is 3.90. The molecule has 0 aliphatic carbocycles. The number of carbonyl (C=O) groups is 1. The van der Waals surface area contributed by atoms with Gasteiger partial charge in [-0.1, -0.05) is 65.8 Å². The monoisotopic (exact) mass is 249 g/mol. The molecule has 4 nitrogen and oxygen atoms in total. The maximum atomic E-state index is 10.5.